The highest BCUT2D eigenvalue weighted by molar-refractivity contribution is 9.10. The van der Waals surface area contributed by atoms with Crippen molar-refractivity contribution in [2.24, 2.45) is 5.73 Å². The van der Waals surface area contributed by atoms with E-state index >= 15 is 0 Å². The van der Waals surface area contributed by atoms with Crippen LogP contribution in [0.4, 0.5) is 5.69 Å². The SMILES string of the molecule is COc1ccccc1N(C)C(CN)c1cc(Br)c(Cl)s1. The van der Waals surface area contributed by atoms with Crippen LogP contribution in [0.5, 0.6) is 5.75 Å². The second-order valence-corrected chi connectivity index (χ2v) is 6.84. The summed E-state index contributed by atoms with van der Waals surface area (Å²) < 4.78 is 7.06. The second-order valence-electron chi connectivity index (χ2n) is 4.30. The molecule has 6 heteroatoms. The zero-order valence-corrected chi connectivity index (χ0v) is 14.4. The molecule has 0 aliphatic rings. The van der Waals surface area contributed by atoms with E-state index < -0.39 is 0 Å². The van der Waals surface area contributed by atoms with E-state index in [2.05, 4.69) is 20.8 Å². The minimum Gasteiger partial charge on any atom is -0.495 e. The van der Waals surface area contributed by atoms with Gasteiger partial charge in [-0.3, -0.25) is 0 Å². The zero-order chi connectivity index (χ0) is 14.7. The molecule has 2 N–H and O–H groups in total. The Morgan fingerprint density at radius 1 is 1.45 bits per heavy atom. The smallest absolute Gasteiger partial charge is 0.142 e. The fraction of sp³-hybridized carbons (Fsp3) is 0.286. The molecule has 1 aromatic heterocycles. The molecule has 0 saturated carbocycles. The van der Waals surface area contributed by atoms with Gasteiger partial charge >= 0.3 is 0 Å². The van der Waals surface area contributed by atoms with Gasteiger partial charge in [0, 0.05) is 22.9 Å². The van der Waals surface area contributed by atoms with Gasteiger partial charge in [-0.1, -0.05) is 23.7 Å². The lowest BCUT2D eigenvalue weighted by Crippen LogP contribution is -2.30. The van der Waals surface area contributed by atoms with Crippen molar-refractivity contribution in [3.8, 4) is 5.75 Å². The number of halogens is 2. The molecular formula is C14H16BrClN2OS. The average molecular weight is 376 g/mol. The Morgan fingerprint density at radius 3 is 2.70 bits per heavy atom. The topological polar surface area (TPSA) is 38.5 Å². The molecule has 0 aliphatic heterocycles. The molecule has 0 radical (unpaired) electrons. The molecule has 108 valence electrons. The maximum absolute atomic E-state index is 6.13. The van der Waals surface area contributed by atoms with Crippen molar-refractivity contribution in [1.29, 1.82) is 0 Å². The van der Waals surface area contributed by atoms with Gasteiger partial charge in [-0.15, -0.1) is 11.3 Å². The molecule has 0 amide bonds. The standard InChI is InChI=1S/C14H16BrClN2OS/c1-18(10-5-3-4-6-12(10)19-2)11(8-17)13-7-9(15)14(16)20-13/h3-7,11H,8,17H2,1-2H3. The normalized spacial score (nSPS) is 12.2. The Morgan fingerprint density at radius 2 is 2.15 bits per heavy atom. The predicted octanol–water partition coefficient (Wildman–Crippen LogP) is 4.31. The molecule has 1 heterocycles. The molecule has 0 fully saturated rings. The zero-order valence-electron chi connectivity index (χ0n) is 11.3. The molecule has 20 heavy (non-hydrogen) atoms. The fourth-order valence-electron chi connectivity index (χ4n) is 2.08. The summed E-state index contributed by atoms with van der Waals surface area (Å²) in [5, 5.41) is 0. The number of methoxy groups -OCH3 is 1. The number of likely N-dealkylation sites (N-methyl/N-ethyl adjacent to an activating group) is 1. The second kappa shape index (κ2) is 6.80. The van der Waals surface area contributed by atoms with Gasteiger partial charge in [0.05, 0.1) is 18.8 Å². The third kappa shape index (κ3) is 3.11. The molecule has 0 bridgehead atoms. The van der Waals surface area contributed by atoms with Crippen LogP contribution < -0.4 is 15.4 Å². The summed E-state index contributed by atoms with van der Waals surface area (Å²) in [5.41, 5.74) is 6.97. The summed E-state index contributed by atoms with van der Waals surface area (Å²) in [6.07, 6.45) is 0. The molecule has 1 atom stereocenters. The summed E-state index contributed by atoms with van der Waals surface area (Å²) in [6.45, 7) is 0.498. The van der Waals surface area contributed by atoms with Crippen molar-refractivity contribution in [3.63, 3.8) is 0 Å². The number of hydrogen-bond donors (Lipinski definition) is 1. The number of anilines is 1. The van der Waals surface area contributed by atoms with Crippen molar-refractivity contribution in [1.82, 2.24) is 0 Å². The van der Waals surface area contributed by atoms with Crippen LogP contribution in [0.25, 0.3) is 0 Å². The van der Waals surface area contributed by atoms with Crippen LogP contribution in [0.3, 0.4) is 0 Å². The van der Waals surface area contributed by atoms with Crippen LogP contribution >= 0.6 is 38.9 Å². The van der Waals surface area contributed by atoms with Gasteiger partial charge < -0.3 is 15.4 Å². The van der Waals surface area contributed by atoms with E-state index in [1.165, 1.54) is 11.3 Å². The summed E-state index contributed by atoms with van der Waals surface area (Å²) in [7, 11) is 3.68. The lowest BCUT2D eigenvalue weighted by molar-refractivity contribution is 0.413. The van der Waals surface area contributed by atoms with Crippen molar-refractivity contribution in [3.05, 3.63) is 44.0 Å². The highest BCUT2D eigenvalue weighted by atomic mass is 79.9. The maximum atomic E-state index is 6.13. The first-order valence-corrected chi connectivity index (χ1v) is 8.07. The van der Waals surface area contributed by atoms with Gasteiger partial charge in [0.1, 0.15) is 10.1 Å². The predicted molar refractivity (Wildman–Crippen MR) is 90.2 cm³/mol. The van der Waals surface area contributed by atoms with Crippen LogP contribution in [-0.2, 0) is 0 Å². The highest BCUT2D eigenvalue weighted by Gasteiger charge is 2.21. The molecule has 3 nitrogen and oxygen atoms in total. The molecule has 2 aromatic rings. The first-order valence-electron chi connectivity index (χ1n) is 6.09. The first kappa shape index (κ1) is 15.6. The Hall–Kier alpha value is -0.750. The van der Waals surface area contributed by atoms with Gasteiger partial charge in [0.25, 0.3) is 0 Å². The Kier molecular flexibility index (Phi) is 5.32. The number of nitrogens with zero attached hydrogens (tertiary/aromatic N) is 1. The van der Waals surface area contributed by atoms with Crippen LogP contribution in [0, 0.1) is 0 Å². The minimum atomic E-state index is 0.0556. The van der Waals surface area contributed by atoms with Crippen molar-refractivity contribution in [2.75, 3.05) is 25.6 Å². The molecule has 0 spiro atoms. The average Bonchev–Trinajstić information content (AvgIpc) is 2.79. The minimum absolute atomic E-state index is 0.0556. The number of thiophene rings is 1. The van der Waals surface area contributed by atoms with Gasteiger partial charge in [-0.2, -0.15) is 0 Å². The Labute approximate surface area is 136 Å². The number of ether oxygens (including phenoxy) is 1. The summed E-state index contributed by atoms with van der Waals surface area (Å²) in [4.78, 5) is 3.24. The van der Waals surface area contributed by atoms with E-state index in [-0.39, 0.29) is 6.04 Å². The summed E-state index contributed by atoms with van der Waals surface area (Å²) >= 11 is 11.1. The van der Waals surface area contributed by atoms with Crippen LogP contribution in [0.2, 0.25) is 4.34 Å². The number of rotatable bonds is 5. The largest absolute Gasteiger partial charge is 0.495 e. The number of para-hydroxylation sites is 2. The Balaban J connectivity index is 2.36. The van der Waals surface area contributed by atoms with E-state index in [9.17, 15) is 0 Å². The van der Waals surface area contributed by atoms with Crippen molar-refractivity contribution in [2.45, 2.75) is 6.04 Å². The molecule has 1 aromatic carbocycles. The number of nitrogens with two attached hydrogens (primary N) is 1. The third-order valence-corrected chi connectivity index (χ3v) is 5.72. The molecular weight excluding hydrogens is 360 g/mol. The molecule has 1 unspecified atom stereocenters. The third-order valence-electron chi connectivity index (χ3n) is 3.15. The van der Waals surface area contributed by atoms with Crippen LogP contribution in [0.15, 0.2) is 34.8 Å². The van der Waals surface area contributed by atoms with E-state index in [1.807, 2.05) is 37.4 Å². The van der Waals surface area contributed by atoms with Crippen molar-refractivity contribution >= 4 is 44.6 Å². The van der Waals surface area contributed by atoms with Crippen LogP contribution in [-0.4, -0.2) is 20.7 Å². The molecule has 0 aliphatic carbocycles. The number of benzene rings is 1. The van der Waals surface area contributed by atoms with E-state index in [0.717, 1.165) is 25.1 Å². The highest BCUT2D eigenvalue weighted by Crippen LogP contribution is 2.39. The van der Waals surface area contributed by atoms with Crippen molar-refractivity contribution < 1.29 is 4.74 Å². The Bertz CT molecular complexity index is 571. The van der Waals surface area contributed by atoms with E-state index in [1.54, 1.807) is 7.11 Å². The lowest BCUT2D eigenvalue weighted by Gasteiger charge is -2.29. The van der Waals surface area contributed by atoms with Gasteiger partial charge in [0.2, 0.25) is 0 Å². The number of hydrogen-bond acceptors (Lipinski definition) is 4. The lowest BCUT2D eigenvalue weighted by atomic mass is 10.1. The first-order chi connectivity index (χ1) is 9.58. The maximum Gasteiger partial charge on any atom is 0.142 e. The monoisotopic (exact) mass is 374 g/mol. The van der Waals surface area contributed by atoms with E-state index in [0.29, 0.717) is 6.54 Å². The van der Waals surface area contributed by atoms with E-state index in [4.69, 9.17) is 22.1 Å². The van der Waals surface area contributed by atoms with Gasteiger partial charge in [-0.05, 0) is 34.1 Å². The molecule has 2 rings (SSSR count). The fourth-order valence-corrected chi connectivity index (χ4v) is 3.98. The molecule has 0 saturated heterocycles. The van der Waals surface area contributed by atoms with Gasteiger partial charge in [0.15, 0.2) is 0 Å². The summed E-state index contributed by atoms with van der Waals surface area (Å²) in [5.74, 6) is 0.829. The summed E-state index contributed by atoms with van der Waals surface area (Å²) in [6, 6.07) is 9.98. The van der Waals surface area contributed by atoms with Crippen LogP contribution in [0.1, 0.15) is 10.9 Å². The quantitative estimate of drug-likeness (QED) is 0.846. The van der Waals surface area contributed by atoms with Gasteiger partial charge in [-0.25, -0.2) is 0 Å².